The number of phenols is 1. The molecule has 64 valence electrons. The van der Waals surface area contributed by atoms with Gasteiger partial charge in [0.15, 0.2) is 0 Å². The van der Waals surface area contributed by atoms with Crippen LogP contribution in [0.5, 0.6) is 11.5 Å². The molecule has 0 amide bonds. The van der Waals surface area contributed by atoms with Crippen LogP contribution in [0.25, 0.3) is 0 Å². The summed E-state index contributed by atoms with van der Waals surface area (Å²) in [7, 11) is 0. The fraction of sp³-hybridized carbons (Fsp3) is 0.222. The van der Waals surface area contributed by atoms with E-state index in [4.69, 9.17) is 9.84 Å². The van der Waals surface area contributed by atoms with Crippen LogP contribution in [0.4, 0.5) is 0 Å². The Labute approximate surface area is 70.6 Å². The average Bonchev–Trinajstić information content (AvgIpc) is 2.05. The maximum atomic E-state index is 9.93. The van der Waals surface area contributed by atoms with Gasteiger partial charge >= 0.3 is 0 Å². The maximum absolute atomic E-state index is 9.93. The lowest BCUT2D eigenvalue weighted by molar-refractivity contribution is -0.108. The fourth-order valence-corrected chi connectivity index (χ4v) is 0.798. The minimum atomic E-state index is 0.165. The Morgan fingerprint density at radius 3 is 3.00 bits per heavy atom. The summed E-state index contributed by atoms with van der Waals surface area (Å²) in [6.45, 7) is 0.354. The molecule has 0 aromatic heterocycles. The lowest BCUT2D eigenvalue weighted by Crippen LogP contribution is -1.96. The number of rotatable bonds is 4. The summed E-state index contributed by atoms with van der Waals surface area (Å²) in [4.78, 5) is 9.93. The molecule has 3 heteroatoms. The monoisotopic (exact) mass is 166 g/mol. The zero-order valence-corrected chi connectivity index (χ0v) is 6.56. The molecule has 0 spiro atoms. The van der Waals surface area contributed by atoms with Gasteiger partial charge in [0.25, 0.3) is 0 Å². The summed E-state index contributed by atoms with van der Waals surface area (Å²) >= 11 is 0. The summed E-state index contributed by atoms with van der Waals surface area (Å²) in [5.41, 5.74) is 0. The number of benzene rings is 1. The van der Waals surface area contributed by atoms with Crippen molar-refractivity contribution in [1.29, 1.82) is 0 Å². The number of phenolic OH excluding ortho intramolecular Hbond substituents is 1. The Bertz CT molecular complexity index is 258. The Morgan fingerprint density at radius 1 is 1.50 bits per heavy atom. The highest BCUT2D eigenvalue weighted by molar-refractivity contribution is 5.49. The molecule has 0 unspecified atom stereocenters. The Hall–Kier alpha value is -1.51. The van der Waals surface area contributed by atoms with Gasteiger partial charge in [0, 0.05) is 12.5 Å². The van der Waals surface area contributed by atoms with Crippen molar-refractivity contribution in [3.8, 4) is 11.5 Å². The van der Waals surface area contributed by atoms with Gasteiger partial charge in [-0.05, 0) is 12.1 Å². The topological polar surface area (TPSA) is 46.5 Å². The van der Waals surface area contributed by atoms with Crippen LogP contribution in [-0.4, -0.2) is 18.0 Å². The van der Waals surface area contributed by atoms with E-state index in [2.05, 4.69) is 0 Å². The molecule has 1 aromatic carbocycles. The second-order valence-electron chi connectivity index (χ2n) is 2.30. The number of aldehydes is 1. The first-order valence-corrected chi connectivity index (χ1v) is 3.68. The van der Waals surface area contributed by atoms with Gasteiger partial charge in [-0.25, -0.2) is 0 Å². The van der Waals surface area contributed by atoms with Crippen LogP contribution < -0.4 is 4.74 Å². The Morgan fingerprint density at radius 2 is 2.33 bits per heavy atom. The van der Waals surface area contributed by atoms with E-state index in [1.807, 2.05) is 0 Å². The van der Waals surface area contributed by atoms with E-state index in [0.717, 1.165) is 6.29 Å². The third-order valence-corrected chi connectivity index (χ3v) is 1.32. The number of aromatic hydroxyl groups is 1. The molecule has 1 N–H and O–H groups in total. The summed E-state index contributed by atoms with van der Waals surface area (Å²) in [5, 5.41) is 9.02. The maximum Gasteiger partial charge on any atom is 0.123 e. The van der Waals surface area contributed by atoms with Gasteiger partial charge in [-0.1, -0.05) is 6.07 Å². The molecule has 1 aromatic rings. The van der Waals surface area contributed by atoms with E-state index in [9.17, 15) is 4.79 Å². The van der Waals surface area contributed by atoms with Crippen LogP contribution in [0.3, 0.4) is 0 Å². The van der Waals surface area contributed by atoms with Crippen LogP contribution >= 0.6 is 0 Å². The molecule has 0 aliphatic carbocycles. The zero-order valence-electron chi connectivity index (χ0n) is 6.56. The predicted octanol–water partition coefficient (Wildman–Crippen LogP) is 1.36. The second-order valence-corrected chi connectivity index (χ2v) is 2.30. The molecule has 3 nitrogen and oxygen atoms in total. The van der Waals surface area contributed by atoms with Gasteiger partial charge in [-0.15, -0.1) is 0 Å². The molecule has 0 aliphatic rings. The molecule has 0 bridgehead atoms. The van der Waals surface area contributed by atoms with Crippen LogP contribution in [-0.2, 0) is 4.79 Å². The van der Waals surface area contributed by atoms with Gasteiger partial charge in [0.05, 0.1) is 6.61 Å². The normalized spacial score (nSPS) is 9.33. The first-order chi connectivity index (χ1) is 5.83. The molecule has 1 rings (SSSR count). The van der Waals surface area contributed by atoms with Crippen LogP contribution in [0, 0.1) is 0 Å². The molecular weight excluding hydrogens is 156 g/mol. The fourth-order valence-electron chi connectivity index (χ4n) is 0.798. The van der Waals surface area contributed by atoms with Gasteiger partial charge in [-0.2, -0.15) is 0 Å². The molecule has 0 aliphatic heterocycles. The van der Waals surface area contributed by atoms with E-state index in [-0.39, 0.29) is 5.75 Å². The third kappa shape index (κ3) is 2.62. The van der Waals surface area contributed by atoms with Crippen molar-refractivity contribution < 1.29 is 14.6 Å². The molecule has 0 heterocycles. The average molecular weight is 166 g/mol. The van der Waals surface area contributed by atoms with E-state index < -0.39 is 0 Å². The Kier molecular flexibility index (Phi) is 3.14. The van der Waals surface area contributed by atoms with E-state index in [0.29, 0.717) is 18.8 Å². The minimum absolute atomic E-state index is 0.165. The van der Waals surface area contributed by atoms with Crippen molar-refractivity contribution in [1.82, 2.24) is 0 Å². The second kappa shape index (κ2) is 4.38. The summed E-state index contributed by atoms with van der Waals surface area (Å²) in [5.74, 6) is 0.746. The van der Waals surface area contributed by atoms with Crippen molar-refractivity contribution >= 4 is 6.29 Å². The standard InChI is InChI=1S/C9H10O3/c10-5-2-6-12-9-4-1-3-8(11)7-9/h1,3-5,7,11H,2,6H2. The first-order valence-electron chi connectivity index (χ1n) is 3.68. The lowest BCUT2D eigenvalue weighted by atomic mass is 10.3. The number of carbonyl (C=O) groups excluding carboxylic acids is 1. The molecule has 0 atom stereocenters. The summed E-state index contributed by atoms with van der Waals surface area (Å²) in [6, 6.07) is 6.48. The molecule has 12 heavy (non-hydrogen) atoms. The molecule has 0 saturated carbocycles. The summed E-state index contributed by atoms with van der Waals surface area (Å²) < 4.78 is 5.14. The van der Waals surface area contributed by atoms with Crippen molar-refractivity contribution in [2.45, 2.75) is 6.42 Å². The minimum Gasteiger partial charge on any atom is -0.508 e. The largest absolute Gasteiger partial charge is 0.508 e. The highest BCUT2D eigenvalue weighted by Crippen LogP contribution is 2.17. The van der Waals surface area contributed by atoms with E-state index >= 15 is 0 Å². The smallest absolute Gasteiger partial charge is 0.123 e. The van der Waals surface area contributed by atoms with E-state index in [1.54, 1.807) is 18.2 Å². The van der Waals surface area contributed by atoms with Crippen molar-refractivity contribution in [3.05, 3.63) is 24.3 Å². The molecule has 0 radical (unpaired) electrons. The number of hydrogen-bond acceptors (Lipinski definition) is 3. The quantitative estimate of drug-likeness (QED) is 0.542. The van der Waals surface area contributed by atoms with Gasteiger partial charge < -0.3 is 14.6 Å². The first kappa shape index (κ1) is 8.59. The van der Waals surface area contributed by atoms with Crippen molar-refractivity contribution in [2.75, 3.05) is 6.61 Å². The summed E-state index contributed by atoms with van der Waals surface area (Å²) in [6.07, 6.45) is 1.17. The Balaban J connectivity index is 2.46. The highest BCUT2D eigenvalue weighted by Gasteiger charge is 1.93. The van der Waals surface area contributed by atoms with Crippen molar-refractivity contribution in [3.63, 3.8) is 0 Å². The number of hydrogen-bond donors (Lipinski definition) is 1. The van der Waals surface area contributed by atoms with Crippen molar-refractivity contribution in [2.24, 2.45) is 0 Å². The van der Waals surface area contributed by atoms with E-state index in [1.165, 1.54) is 6.07 Å². The molecule has 0 saturated heterocycles. The number of ether oxygens (including phenoxy) is 1. The lowest BCUT2D eigenvalue weighted by Gasteiger charge is -2.02. The number of carbonyl (C=O) groups is 1. The zero-order chi connectivity index (χ0) is 8.81. The highest BCUT2D eigenvalue weighted by atomic mass is 16.5. The van der Waals surface area contributed by atoms with Crippen LogP contribution in [0.15, 0.2) is 24.3 Å². The van der Waals surface area contributed by atoms with Gasteiger partial charge in [0.2, 0.25) is 0 Å². The molecule has 0 fully saturated rings. The molecular formula is C9H10O3. The third-order valence-electron chi connectivity index (χ3n) is 1.32. The van der Waals surface area contributed by atoms with Gasteiger partial charge in [0.1, 0.15) is 17.8 Å². The van der Waals surface area contributed by atoms with Crippen LogP contribution in [0.1, 0.15) is 6.42 Å². The SMILES string of the molecule is O=CCCOc1cccc(O)c1. The van der Waals surface area contributed by atoms with Crippen LogP contribution in [0.2, 0.25) is 0 Å². The predicted molar refractivity (Wildman–Crippen MR) is 44.3 cm³/mol. The van der Waals surface area contributed by atoms with Gasteiger partial charge in [-0.3, -0.25) is 0 Å².